The van der Waals surface area contributed by atoms with Crippen molar-refractivity contribution in [3.8, 4) is 0 Å². The van der Waals surface area contributed by atoms with E-state index in [1.807, 2.05) is 0 Å². The molecule has 0 aliphatic carbocycles. The number of rotatable bonds is 5. The van der Waals surface area contributed by atoms with E-state index in [0.717, 1.165) is 7.11 Å². The fourth-order valence-electron chi connectivity index (χ4n) is 1.31. The van der Waals surface area contributed by atoms with E-state index in [4.69, 9.17) is 0 Å². The number of ether oxygens (including phenoxy) is 1. The third kappa shape index (κ3) is 3.94. The van der Waals surface area contributed by atoms with Crippen LogP contribution in [-0.2, 0) is 25.7 Å². The number of carbonyl (C=O) groups excluding carboxylic acids is 1. The minimum atomic E-state index is -4.10. The number of nitrogens with one attached hydrogen (secondary N) is 1. The lowest BCUT2D eigenvalue weighted by molar-refractivity contribution is -0.142. The zero-order chi connectivity index (χ0) is 14.6. The van der Waals surface area contributed by atoms with Gasteiger partial charge in [-0.15, -0.1) is 0 Å². The van der Waals surface area contributed by atoms with Crippen LogP contribution in [0.4, 0.5) is 0 Å². The fraction of sp³-hybridized carbons (Fsp3) is 0.300. The van der Waals surface area contributed by atoms with Crippen molar-refractivity contribution in [2.24, 2.45) is 0 Å². The van der Waals surface area contributed by atoms with Gasteiger partial charge < -0.3 is 4.74 Å². The number of sulfonamides is 1. The smallest absolute Gasteiger partial charge is 0.342 e. The predicted octanol–water partition coefficient (Wildman–Crippen LogP) is 0.893. The lowest BCUT2D eigenvalue weighted by Crippen LogP contribution is -2.39. The molecule has 0 aliphatic heterocycles. The largest absolute Gasteiger partial charge is 0.468 e. The third-order valence-corrected chi connectivity index (χ3v) is 6.03. The van der Waals surface area contributed by atoms with Gasteiger partial charge in [0.25, 0.3) is 0 Å². The van der Waals surface area contributed by atoms with Crippen LogP contribution in [0.15, 0.2) is 29.2 Å². The number of hydrogen-bond acceptors (Lipinski definition) is 6. The van der Waals surface area contributed by atoms with Gasteiger partial charge in [-0.3, -0.25) is 4.79 Å². The summed E-state index contributed by atoms with van der Waals surface area (Å²) in [5, 5.41) is 0. The molecule has 0 bridgehead atoms. The Kier molecular flexibility index (Phi) is 5.38. The highest BCUT2D eigenvalue weighted by Crippen LogP contribution is 2.25. The Labute approximate surface area is 117 Å². The van der Waals surface area contributed by atoms with Gasteiger partial charge in [0.05, 0.1) is 10.7 Å². The van der Waals surface area contributed by atoms with Crippen molar-refractivity contribution in [2.75, 3.05) is 7.11 Å². The Balaban J connectivity index is 3.18. The van der Waals surface area contributed by atoms with Crippen LogP contribution in [0.2, 0.25) is 0 Å². The highest BCUT2D eigenvalue weighted by molar-refractivity contribution is 14.2. The summed E-state index contributed by atoms with van der Waals surface area (Å²) in [6.45, 7) is 1.30. The van der Waals surface area contributed by atoms with Crippen LogP contribution in [-0.4, -0.2) is 27.5 Å². The monoisotopic (exact) mass is 401 g/mol. The molecule has 1 rings (SSSR count). The summed E-state index contributed by atoms with van der Waals surface area (Å²) in [6.07, 6.45) is 0. The van der Waals surface area contributed by atoms with Crippen LogP contribution in [0.3, 0.4) is 0 Å². The average Bonchev–Trinajstić information content (AvgIpc) is 2.37. The van der Waals surface area contributed by atoms with Gasteiger partial charge in [-0.05, 0) is 19.1 Å². The molecule has 0 unspecified atom stereocenters. The van der Waals surface area contributed by atoms with Crippen molar-refractivity contribution in [2.45, 2.75) is 17.9 Å². The normalized spacial score (nSPS) is 13.2. The number of benzene rings is 1. The van der Waals surface area contributed by atoms with Crippen molar-refractivity contribution in [1.82, 2.24) is 4.72 Å². The first-order valence-corrected chi connectivity index (χ1v) is 9.36. The van der Waals surface area contributed by atoms with Crippen LogP contribution in [0, 0.1) is 3.57 Å². The minimum Gasteiger partial charge on any atom is -0.468 e. The Morgan fingerprint density at radius 1 is 1.32 bits per heavy atom. The average molecular weight is 401 g/mol. The van der Waals surface area contributed by atoms with Crippen LogP contribution >= 0.6 is 19.8 Å². The zero-order valence-corrected chi connectivity index (χ0v) is 13.1. The van der Waals surface area contributed by atoms with E-state index in [0.29, 0.717) is 0 Å². The Hall–Kier alpha value is -1.07. The van der Waals surface area contributed by atoms with Crippen molar-refractivity contribution >= 4 is 35.8 Å². The summed E-state index contributed by atoms with van der Waals surface area (Å²) in [6, 6.07) is 4.10. The van der Waals surface area contributed by atoms with Crippen molar-refractivity contribution < 1.29 is 24.1 Å². The van der Waals surface area contributed by atoms with Gasteiger partial charge in [0.15, 0.2) is 0 Å². The number of hydrogen-bond donors (Lipinski definition) is 1. The van der Waals surface area contributed by atoms with E-state index in [-0.39, 0.29) is 8.47 Å². The number of carbonyl (C=O) groups is 1. The maximum Gasteiger partial charge on any atom is 0.342 e. The van der Waals surface area contributed by atoms with E-state index in [1.54, 1.807) is 0 Å². The molecule has 1 atom stereocenters. The summed E-state index contributed by atoms with van der Waals surface area (Å²) in [7, 11) is -2.98. The molecular weight excluding hydrogens is 389 g/mol. The van der Waals surface area contributed by atoms with Crippen LogP contribution in [0.25, 0.3) is 0 Å². The number of methoxy groups -OCH3 is 1. The highest BCUT2D eigenvalue weighted by atomic mass is 127. The summed E-state index contributed by atoms with van der Waals surface area (Å²) in [5.74, 6) is -0.763. The second-order valence-corrected chi connectivity index (χ2v) is 7.60. The van der Waals surface area contributed by atoms with Crippen LogP contribution < -0.4 is 4.72 Å². The molecule has 0 fully saturated rings. The standard InChI is InChI=1S/C10H12INO6S/c1-7(10(13)18-2)12-19(16,17)9-6-4-3-5-8(9)11(14)15/h3-7,12H,1-2H3/t7-/m0/s1. The Bertz CT molecular complexity index is 644. The van der Waals surface area contributed by atoms with Crippen LogP contribution in [0.1, 0.15) is 6.92 Å². The number of esters is 1. The number of halogens is 1. The molecule has 9 heteroatoms. The van der Waals surface area contributed by atoms with Crippen LogP contribution in [0.5, 0.6) is 0 Å². The van der Waals surface area contributed by atoms with Gasteiger partial charge >= 0.3 is 25.8 Å². The van der Waals surface area contributed by atoms with E-state index < -0.39 is 41.8 Å². The molecule has 0 heterocycles. The zero-order valence-electron chi connectivity index (χ0n) is 10.1. The molecule has 106 valence electrons. The molecule has 1 N–H and O–H groups in total. The van der Waals surface area contributed by atoms with Gasteiger partial charge in [0.2, 0.25) is 10.0 Å². The first-order valence-electron chi connectivity index (χ1n) is 5.04. The maximum atomic E-state index is 12.0. The lowest BCUT2D eigenvalue weighted by atomic mass is 10.4. The lowest BCUT2D eigenvalue weighted by Gasteiger charge is -2.12. The molecule has 1 aromatic carbocycles. The molecule has 0 saturated carbocycles. The SMILES string of the molecule is COC(=O)[C@H](C)NS(=O)(=O)c1ccccc1I(=O)=O. The molecule has 19 heavy (non-hydrogen) atoms. The molecule has 1 aromatic rings. The van der Waals surface area contributed by atoms with Gasteiger partial charge in [0, 0.05) is 0 Å². The van der Waals surface area contributed by atoms with Gasteiger partial charge in [-0.2, -0.15) is 4.72 Å². The Morgan fingerprint density at radius 3 is 2.42 bits per heavy atom. The summed E-state index contributed by atoms with van der Waals surface area (Å²) < 4.78 is 52.4. The first-order chi connectivity index (χ1) is 8.79. The maximum absolute atomic E-state index is 12.0. The predicted molar refractivity (Wildman–Crippen MR) is 72.3 cm³/mol. The molecule has 0 aromatic heterocycles. The second-order valence-electron chi connectivity index (χ2n) is 3.51. The van der Waals surface area contributed by atoms with E-state index in [2.05, 4.69) is 9.46 Å². The van der Waals surface area contributed by atoms with Gasteiger partial charge in [-0.1, -0.05) is 12.1 Å². The molecular formula is C10H12INO6S. The molecule has 0 radical (unpaired) electrons. The molecule has 7 nitrogen and oxygen atoms in total. The summed E-state index contributed by atoms with van der Waals surface area (Å²) >= 11 is -3.95. The molecule has 0 amide bonds. The van der Waals surface area contributed by atoms with Crippen molar-refractivity contribution in [3.63, 3.8) is 0 Å². The van der Waals surface area contributed by atoms with E-state index >= 15 is 0 Å². The Morgan fingerprint density at radius 2 is 1.89 bits per heavy atom. The molecule has 0 saturated heterocycles. The minimum absolute atomic E-state index is 0.240. The highest BCUT2D eigenvalue weighted by Gasteiger charge is 2.25. The first kappa shape index (κ1) is 16.0. The molecule has 0 spiro atoms. The van der Waals surface area contributed by atoms with Crippen molar-refractivity contribution in [3.05, 3.63) is 27.8 Å². The topological polar surface area (TPSA) is 107 Å². The van der Waals surface area contributed by atoms with E-state index in [9.17, 15) is 19.4 Å². The second kappa shape index (κ2) is 6.39. The summed E-state index contributed by atoms with van der Waals surface area (Å²) in [4.78, 5) is 10.8. The quantitative estimate of drug-likeness (QED) is 0.580. The van der Waals surface area contributed by atoms with Crippen molar-refractivity contribution in [1.29, 1.82) is 0 Å². The fourth-order valence-corrected chi connectivity index (χ4v) is 4.99. The van der Waals surface area contributed by atoms with Gasteiger partial charge in [0.1, 0.15) is 10.9 Å². The van der Waals surface area contributed by atoms with E-state index in [1.165, 1.54) is 31.2 Å². The third-order valence-electron chi connectivity index (χ3n) is 2.18. The molecule has 0 aliphatic rings. The van der Waals surface area contributed by atoms with Gasteiger partial charge in [-0.25, -0.2) is 14.6 Å². The summed E-state index contributed by atoms with van der Waals surface area (Å²) in [5.41, 5.74) is 0.